The smallest absolute Gasteiger partial charge is 0.222 e. The highest BCUT2D eigenvalue weighted by Gasteiger charge is 1.94. The maximum Gasteiger partial charge on any atom is 0.222 e. The summed E-state index contributed by atoms with van der Waals surface area (Å²) in [5.41, 5.74) is 1.21. The summed E-state index contributed by atoms with van der Waals surface area (Å²) in [5.74, 6) is 0.720. The lowest BCUT2D eigenvalue weighted by Gasteiger charge is -2.01. The molecule has 0 aliphatic rings. The van der Waals surface area contributed by atoms with Gasteiger partial charge in [-0.1, -0.05) is 13.3 Å². The molecule has 0 aromatic carbocycles. The second-order valence-electron chi connectivity index (χ2n) is 2.70. The Labute approximate surface area is 73.2 Å². The predicted molar refractivity (Wildman–Crippen MR) is 50.2 cm³/mol. The molecule has 1 N–H and O–H groups in total. The van der Waals surface area contributed by atoms with Gasteiger partial charge in [0.05, 0.1) is 0 Å². The minimum Gasteiger partial charge on any atom is -0.355 e. The minimum atomic E-state index is 0.720. The van der Waals surface area contributed by atoms with Crippen LogP contribution in [0.5, 0.6) is 0 Å². The van der Waals surface area contributed by atoms with Gasteiger partial charge in [-0.25, -0.2) is 9.97 Å². The van der Waals surface area contributed by atoms with E-state index in [0.717, 1.165) is 25.3 Å². The van der Waals surface area contributed by atoms with Crippen LogP contribution in [-0.2, 0) is 6.42 Å². The lowest BCUT2D eigenvalue weighted by molar-refractivity contribution is 0.899. The maximum atomic E-state index is 4.16. The molecule has 0 radical (unpaired) electrons. The summed E-state index contributed by atoms with van der Waals surface area (Å²) in [5, 5.41) is 3.05. The van der Waals surface area contributed by atoms with Crippen LogP contribution >= 0.6 is 0 Å². The average molecular weight is 165 g/mol. The molecule has 1 aromatic heterocycles. The Morgan fingerprint density at radius 2 is 1.92 bits per heavy atom. The zero-order valence-electron chi connectivity index (χ0n) is 7.67. The monoisotopic (exact) mass is 165 g/mol. The first-order valence-electron chi connectivity index (χ1n) is 4.41. The van der Waals surface area contributed by atoms with Gasteiger partial charge in [0.15, 0.2) is 0 Å². The van der Waals surface area contributed by atoms with Gasteiger partial charge in [0.1, 0.15) is 0 Å². The topological polar surface area (TPSA) is 37.8 Å². The summed E-state index contributed by atoms with van der Waals surface area (Å²) in [6.45, 7) is 5.05. The molecule has 1 aromatic rings. The van der Waals surface area contributed by atoms with E-state index < -0.39 is 0 Å². The molecule has 0 unspecified atom stereocenters. The molecule has 0 fully saturated rings. The number of hydrogen-bond donors (Lipinski definition) is 1. The van der Waals surface area contributed by atoms with Crippen LogP contribution in [0, 0.1) is 0 Å². The molecule has 0 bridgehead atoms. The normalized spacial score (nSPS) is 9.83. The molecule has 3 nitrogen and oxygen atoms in total. The van der Waals surface area contributed by atoms with Crippen LogP contribution < -0.4 is 5.32 Å². The van der Waals surface area contributed by atoms with E-state index in [4.69, 9.17) is 0 Å². The summed E-state index contributed by atoms with van der Waals surface area (Å²) in [4.78, 5) is 8.33. The van der Waals surface area contributed by atoms with Crippen LogP contribution in [0.15, 0.2) is 12.4 Å². The molecule has 1 heterocycles. The molecule has 0 atom stereocenters. The van der Waals surface area contributed by atoms with E-state index in [9.17, 15) is 0 Å². The van der Waals surface area contributed by atoms with E-state index in [1.807, 2.05) is 19.3 Å². The molecule has 66 valence electrons. The fourth-order valence-electron chi connectivity index (χ4n) is 1.02. The van der Waals surface area contributed by atoms with Gasteiger partial charge in [0.25, 0.3) is 0 Å². The van der Waals surface area contributed by atoms with Crippen molar-refractivity contribution in [3.8, 4) is 0 Å². The standard InChI is InChI=1S/C9H15N3/c1-3-5-8-6-11-9(10-4-2)12-7-8/h6-7H,3-5H2,1-2H3,(H,10,11,12). The van der Waals surface area contributed by atoms with Crippen LogP contribution in [0.1, 0.15) is 25.8 Å². The molecule has 0 aliphatic carbocycles. The Balaban J connectivity index is 2.58. The molecule has 1 rings (SSSR count). The van der Waals surface area contributed by atoms with Crippen molar-refractivity contribution in [2.45, 2.75) is 26.7 Å². The van der Waals surface area contributed by atoms with E-state index in [-0.39, 0.29) is 0 Å². The highest BCUT2D eigenvalue weighted by atomic mass is 15.1. The van der Waals surface area contributed by atoms with Gasteiger partial charge in [0, 0.05) is 18.9 Å². The molecule has 0 saturated heterocycles. The van der Waals surface area contributed by atoms with Crippen molar-refractivity contribution in [1.82, 2.24) is 9.97 Å². The van der Waals surface area contributed by atoms with Crippen LogP contribution in [-0.4, -0.2) is 16.5 Å². The van der Waals surface area contributed by atoms with Crippen LogP contribution in [0.4, 0.5) is 5.95 Å². The first-order chi connectivity index (χ1) is 5.86. The highest BCUT2D eigenvalue weighted by molar-refractivity contribution is 5.24. The van der Waals surface area contributed by atoms with Crippen molar-refractivity contribution in [3.63, 3.8) is 0 Å². The van der Waals surface area contributed by atoms with Gasteiger partial charge >= 0.3 is 0 Å². The third-order valence-electron chi connectivity index (χ3n) is 1.58. The number of aryl methyl sites for hydroxylation is 1. The van der Waals surface area contributed by atoms with E-state index in [1.54, 1.807) is 0 Å². The van der Waals surface area contributed by atoms with Gasteiger partial charge in [-0.3, -0.25) is 0 Å². The molecular formula is C9H15N3. The van der Waals surface area contributed by atoms with E-state index in [2.05, 4.69) is 22.2 Å². The van der Waals surface area contributed by atoms with Crippen molar-refractivity contribution in [2.24, 2.45) is 0 Å². The Hall–Kier alpha value is -1.12. The molecule has 0 aliphatic heterocycles. The molecule has 0 amide bonds. The van der Waals surface area contributed by atoms with Crippen molar-refractivity contribution in [1.29, 1.82) is 0 Å². The summed E-state index contributed by atoms with van der Waals surface area (Å²) in [6.07, 6.45) is 5.97. The summed E-state index contributed by atoms with van der Waals surface area (Å²) >= 11 is 0. The summed E-state index contributed by atoms with van der Waals surface area (Å²) < 4.78 is 0. The third-order valence-corrected chi connectivity index (χ3v) is 1.58. The van der Waals surface area contributed by atoms with Crippen molar-refractivity contribution in [3.05, 3.63) is 18.0 Å². The molecule has 3 heteroatoms. The lowest BCUT2D eigenvalue weighted by Crippen LogP contribution is -2.01. The number of anilines is 1. The lowest BCUT2D eigenvalue weighted by atomic mass is 10.2. The fourth-order valence-corrected chi connectivity index (χ4v) is 1.02. The van der Waals surface area contributed by atoms with Gasteiger partial charge in [-0.15, -0.1) is 0 Å². The van der Waals surface area contributed by atoms with Crippen molar-refractivity contribution in [2.75, 3.05) is 11.9 Å². The van der Waals surface area contributed by atoms with Crippen LogP contribution in [0.25, 0.3) is 0 Å². The van der Waals surface area contributed by atoms with Crippen molar-refractivity contribution >= 4 is 5.95 Å². The SMILES string of the molecule is CCCc1cnc(NCC)nc1. The quantitative estimate of drug-likeness (QED) is 0.740. The van der Waals surface area contributed by atoms with Gasteiger partial charge in [-0.05, 0) is 18.9 Å². The number of hydrogen-bond acceptors (Lipinski definition) is 3. The fraction of sp³-hybridized carbons (Fsp3) is 0.556. The minimum absolute atomic E-state index is 0.720. The Bertz CT molecular complexity index is 193. The predicted octanol–water partition coefficient (Wildman–Crippen LogP) is 1.86. The number of nitrogens with zero attached hydrogens (tertiary/aromatic N) is 2. The number of aromatic nitrogens is 2. The maximum absolute atomic E-state index is 4.16. The zero-order chi connectivity index (χ0) is 8.81. The second kappa shape index (κ2) is 4.70. The van der Waals surface area contributed by atoms with Gasteiger partial charge in [0.2, 0.25) is 5.95 Å². The van der Waals surface area contributed by atoms with Gasteiger partial charge in [-0.2, -0.15) is 0 Å². The van der Waals surface area contributed by atoms with Gasteiger partial charge < -0.3 is 5.32 Å². The Kier molecular flexibility index (Phi) is 3.51. The Morgan fingerprint density at radius 1 is 1.25 bits per heavy atom. The third kappa shape index (κ3) is 2.49. The summed E-state index contributed by atoms with van der Waals surface area (Å²) in [6, 6.07) is 0. The number of rotatable bonds is 4. The second-order valence-corrected chi connectivity index (χ2v) is 2.70. The van der Waals surface area contributed by atoms with E-state index in [0.29, 0.717) is 0 Å². The zero-order valence-corrected chi connectivity index (χ0v) is 7.67. The molecule has 12 heavy (non-hydrogen) atoms. The summed E-state index contributed by atoms with van der Waals surface area (Å²) in [7, 11) is 0. The van der Waals surface area contributed by atoms with Crippen molar-refractivity contribution < 1.29 is 0 Å². The van der Waals surface area contributed by atoms with E-state index >= 15 is 0 Å². The Morgan fingerprint density at radius 3 is 2.42 bits per heavy atom. The largest absolute Gasteiger partial charge is 0.355 e. The number of nitrogens with one attached hydrogen (secondary N) is 1. The first-order valence-corrected chi connectivity index (χ1v) is 4.41. The average Bonchev–Trinajstić information content (AvgIpc) is 2.09. The first kappa shape index (κ1) is 8.97. The van der Waals surface area contributed by atoms with Crippen LogP contribution in [0.3, 0.4) is 0 Å². The molecule has 0 saturated carbocycles. The van der Waals surface area contributed by atoms with E-state index in [1.165, 1.54) is 5.56 Å². The molecular weight excluding hydrogens is 150 g/mol. The highest BCUT2D eigenvalue weighted by Crippen LogP contribution is 2.01. The van der Waals surface area contributed by atoms with Crippen LogP contribution in [0.2, 0.25) is 0 Å². The molecule has 0 spiro atoms.